The van der Waals surface area contributed by atoms with Crippen LogP contribution in [-0.4, -0.2) is 4.57 Å². The molecule has 2 nitrogen and oxygen atoms in total. The summed E-state index contributed by atoms with van der Waals surface area (Å²) < 4.78 is 5.12. The van der Waals surface area contributed by atoms with Crippen LogP contribution in [0.1, 0.15) is 0 Å². The molecule has 3 heteroatoms. The summed E-state index contributed by atoms with van der Waals surface area (Å²) in [5.41, 5.74) is 7.07. The normalized spacial score (nSPS) is 11.8. The molecular formula is C44H28N2S. The molecule has 0 bridgehead atoms. The monoisotopic (exact) mass is 616 g/mol. The molecule has 0 saturated carbocycles. The van der Waals surface area contributed by atoms with Crippen molar-refractivity contribution in [1.82, 2.24) is 4.57 Å². The van der Waals surface area contributed by atoms with Crippen molar-refractivity contribution in [2.24, 2.45) is 0 Å². The van der Waals surface area contributed by atoms with Crippen LogP contribution in [0.4, 0.5) is 17.1 Å². The van der Waals surface area contributed by atoms with Gasteiger partial charge >= 0.3 is 0 Å². The van der Waals surface area contributed by atoms with Crippen molar-refractivity contribution in [3.63, 3.8) is 0 Å². The van der Waals surface area contributed by atoms with E-state index in [0.29, 0.717) is 0 Å². The van der Waals surface area contributed by atoms with Crippen molar-refractivity contribution in [2.75, 3.05) is 4.90 Å². The van der Waals surface area contributed by atoms with E-state index < -0.39 is 0 Å². The molecule has 10 rings (SSSR count). The maximum Gasteiger partial charge on any atom is 0.0634 e. The van der Waals surface area contributed by atoms with Gasteiger partial charge in [0.1, 0.15) is 0 Å². The lowest BCUT2D eigenvalue weighted by atomic mass is 10.0. The van der Waals surface area contributed by atoms with E-state index >= 15 is 0 Å². The molecule has 0 aliphatic heterocycles. The Balaban J connectivity index is 1.31. The lowest BCUT2D eigenvalue weighted by molar-refractivity contribution is 1.19. The minimum absolute atomic E-state index is 1.13. The molecule has 0 radical (unpaired) electrons. The number of rotatable bonds is 4. The lowest BCUT2D eigenvalue weighted by Gasteiger charge is -2.27. The van der Waals surface area contributed by atoms with Crippen LogP contribution >= 0.6 is 11.3 Å². The zero-order chi connectivity index (χ0) is 30.9. The molecule has 0 aliphatic carbocycles. The number of hydrogen-bond acceptors (Lipinski definition) is 2. The number of fused-ring (bicyclic) bond motifs is 9. The van der Waals surface area contributed by atoms with E-state index in [1.165, 1.54) is 69.2 Å². The van der Waals surface area contributed by atoms with Gasteiger partial charge in [-0.25, -0.2) is 0 Å². The van der Waals surface area contributed by atoms with Gasteiger partial charge in [0.2, 0.25) is 0 Å². The fourth-order valence-electron chi connectivity index (χ4n) is 7.43. The second-order valence-corrected chi connectivity index (χ2v) is 13.3. The highest BCUT2D eigenvalue weighted by atomic mass is 32.1. The first kappa shape index (κ1) is 26.3. The van der Waals surface area contributed by atoms with Gasteiger partial charge in [-0.15, -0.1) is 11.3 Å². The molecule has 0 N–H and O–H groups in total. The number of hydrogen-bond donors (Lipinski definition) is 0. The Morgan fingerprint density at radius 1 is 0.426 bits per heavy atom. The van der Waals surface area contributed by atoms with E-state index in [1.54, 1.807) is 0 Å². The van der Waals surface area contributed by atoms with Crippen LogP contribution in [0, 0.1) is 0 Å². The van der Waals surface area contributed by atoms with Gasteiger partial charge in [0.05, 0.1) is 16.7 Å². The first-order valence-corrected chi connectivity index (χ1v) is 16.8. The Labute approximate surface area is 276 Å². The molecule has 2 heterocycles. The number of para-hydroxylation sites is 1. The fraction of sp³-hybridized carbons (Fsp3) is 0. The molecule has 47 heavy (non-hydrogen) atoms. The SMILES string of the molecule is c1ccc(N(c2ccc3c(c2)c2ccc4sc5ccccc5c4c2n3-c2ccc3ccccc3c2)c2cccc3ccccc23)cc1. The van der Waals surface area contributed by atoms with Crippen molar-refractivity contribution < 1.29 is 0 Å². The quantitative estimate of drug-likeness (QED) is 0.191. The summed E-state index contributed by atoms with van der Waals surface area (Å²) >= 11 is 1.87. The summed E-state index contributed by atoms with van der Waals surface area (Å²) in [6.45, 7) is 0. The lowest BCUT2D eigenvalue weighted by Crippen LogP contribution is -2.10. The van der Waals surface area contributed by atoms with Gasteiger partial charge < -0.3 is 9.47 Å². The topological polar surface area (TPSA) is 8.17 Å². The number of nitrogens with zero attached hydrogens (tertiary/aromatic N) is 2. The highest BCUT2D eigenvalue weighted by Crippen LogP contribution is 2.46. The van der Waals surface area contributed by atoms with Crippen LogP contribution in [-0.2, 0) is 0 Å². The second kappa shape index (κ2) is 10.3. The number of aromatic nitrogens is 1. The predicted molar refractivity (Wildman–Crippen MR) is 203 cm³/mol. The van der Waals surface area contributed by atoms with Gasteiger partial charge in [-0.2, -0.15) is 0 Å². The van der Waals surface area contributed by atoms with Crippen LogP contribution < -0.4 is 4.90 Å². The maximum absolute atomic E-state index is 2.49. The third-order valence-electron chi connectivity index (χ3n) is 9.52. The molecule has 0 atom stereocenters. The summed E-state index contributed by atoms with van der Waals surface area (Å²) in [6, 6.07) is 62.0. The Morgan fingerprint density at radius 3 is 2.06 bits per heavy atom. The van der Waals surface area contributed by atoms with Gasteiger partial charge in [0.15, 0.2) is 0 Å². The summed E-state index contributed by atoms with van der Waals surface area (Å²) in [4.78, 5) is 2.40. The molecule has 0 aliphatic rings. The zero-order valence-corrected chi connectivity index (χ0v) is 26.3. The third-order valence-corrected chi connectivity index (χ3v) is 10.7. The summed E-state index contributed by atoms with van der Waals surface area (Å²) in [5, 5.41) is 10.1. The van der Waals surface area contributed by atoms with Crippen molar-refractivity contribution in [3.8, 4) is 5.69 Å². The molecule has 0 spiro atoms. The molecule has 220 valence electrons. The van der Waals surface area contributed by atoms with Crippen molar-refractivity contribution in [2.45, 2.75) is 0 Å². The maximum atomic E-state index is 2.49. The Morgan fingerprint density at radius 2 is 1.17 bits per heavy atom. The zero-order valence-electron chi connectivity index (χ0n) is 25.5. The first-order chi connectivity index (χ1) is 23.3. The Bertz CT molecular complexity index is 2800. The van der Waals surface area contributed by atoms with Crippen LogP contribution in [0.3, 0.4) is 0 Å². The predicted octanol–water partition coefficient (Wildman–Crippen LogP) is 12.9. The van der Waals surface area contributed by atoms with Crippen molar-refractivity contribution >= 4 is 91.9 Å². The highest BCUT2D eigenvalue weighted by Gasteiger charge is 2.21. The number of anilines is 3. The molecule has 0 amide bonds. The van der Waals surface area contributed by atoms with Gasteiger partial charge in [-0.1, -0.05) is 109 Å². The van der Waals surface area contributed by atoms with Crippen LogP contribution in [0.15, 0.2) is 170 Å². The second-order valence-electron chi connectivity index (χ2n) is 12.2. The first-order valence-electron chi connectivity index (χ1n) is 16.0. The van der Waals surface area contributed by atoms with Gasteiger partial charge in [0.25, 0.3) is 0 Å². The standard InChI is InChI=1S/C44H28N2S/c1-2-15-32(16-3-1)45(39-19-10-14-30-12-6-7-17-35(30)39)34-23-25-40-38(28-34)36-24-26-42-43(37-18-8-9-20-41(37)47-42)44(36)46(40)33-22-21-29-11-4-5-13-31(29)27-33/h1-28H. The molecule has 0 saturated heterocycles. The molecule has 10 aromatic rings. The van der Waals surface area contributed by atoms with Gasteiger partial charge in [-0.3, -0.25) is 0 Å². The molecule has 8 aromatic carbocycles. The van der Waals surface area contributed by atoms with E-state index in [-0.39, 0.29) is 0 Å². The van der Waals surface area contributed by atoms with Gasteiger partial charge in [-0.05, 0) is 76.8 Å². The average molecular weight is 617 g/mol. The largest absolute Gasteiger partial charge is 0.310 e. The summed E-state index contributed by atoms with van der Waals surface area (Å²) in [6.07, 6.45) is 0. The summed E-state index contributed by atoms with van der Waals surface area (Å²) in [7, 11) is 0. The third kappa shape index (κ3) is 4.04. The fourth-order valence-corrected chi connectivity index (χ4v) is 8.54. The van der Waals surface area contributed by atoms with Crippen LogP contribution in [0.5, 0.6) is 0 Å². The minimum atomic E-state index is 1.13. The van der Waals surface area contributed by atoms with Crippen LogP contribution in [0.2, 0.25) is 0 Å². The molecule has 0 unspecified atom stereocenters. The Kier molecular flexibility index (Phi) is 5.78. The average Bonchev–Trinajstić information content (AvgIpc) is 3.67. The van der Waals surface area contributed by atoms with E-state index in [2.05, 4.69) is 179 Å². The van der Waals surface area contributed by atoms with E-state index in [4.69, 9.17) is 0 Å². The minimum Gasteiger partial charge on any atom is -0.310 e. The van der Waals surface area contributed by atoms with Crippen molar-refractivity contribution in [3.05, 3.63) is 170 Å². The highest BCUT2D eigenvalue weighted by molar-refractivity contribution is 7.26. The van der Waals surface area contributed by atoms with Gasteiger partial charge in [0, 0.05) is 53.4 Å². The Hall–Kier alpha value is -5.90. The smallest absolute Gasteiger partial charge is 0.0634 e. The molecule has 2 aromatic heterocycles. The molecular weight excluding hydrogens is 589 g/mol. The van der Waals surface area contributed by atoms with E-state index in [9.17, 15) is 0 Å². The summed E-state index contributed by atoms with van der Waals surface area (Å²) in [5.74, 6) is 0. The van der Waals surface area contributed by atoms with E-state index in [1.807, 2.05) is 11.3 Å². The van der Waals surface area contributed by atoms with Crippen LogP contribution in [0.25, 0.3) is 69.2 Å². The van der Waals surface area contributed by atoms with E-state index in [0.717, 1.165) is 17.1 Å². The number of benzene rings is 8. The number of thiophene rings is 1. The van der Waals surface area contributed by atoms with Crippen molar-refractivity contribution in [1.29, 1.82) is 0 Å². The molecule has 0 fully saturated rings.